The fourth-order valence-electron chi connectivity index (χ4n) is 3.11. The molecule has 0 saturated carbocycles. The molecule has 19 heavy (non-hydrogen) atoms. The number of thioether (sulfide) groups is 1. The molecule has 0 aromatic heterocycles. The molecule has 2 unspecified atom stereocenters. The van der Waals surface area contributed by atoms with E-state index in [2.05, 4.69) is 56.4 Å². The Morgan fingerprint density at radius 2 is 1.95 bits per heavy atom. The van der Waals surface area contributed by atoms with Crippen molar-refractivity contribution in [2.75, 3.05) is 18.1 Å². The normalized spacial score (nSPS) is 28.0. The molecule has 2 nitrogen and oxygen atoms in total. The van der Waals surface area contributed by atoms with E-state index < -0.39 is 0 Å². The number of nitrogens with two attached hydrogens (primary N) is 1. The molecule has 2 rings (SSSR count). The molecule has 1 aromatic rings. The quantitative estimate of drug-likeness (QED) is 0.888. The van der Waals surface area contributed by atoms with Gasteiger partial charge in [-0.05, 0) is 30.1 Å². The molecule has 0 radical (unpaired) electrons. The van der Waals surface area contributed by atoms with Crippen LogP contribution >= 0.6 is 11.8 Å². The Labute approximate surface area is 121 Å². The Balaban J connectivity index is 2.10. The number of benzene rings is 1. The number of nitrogens with one attached hydrogen (secondary N) is 1. The van der Waals surface area contributed by atoms with E-state index in [1.165, 1.54) is 11.3 Å². The predicted octanol–water partition coefficient (Wildman–Crippen LogP) is 3.20. The van der Waals surface area contributed by atoms with Gasteiger partial charge >= 0.3 is 0 Å². The molecule has 3 N–H and O–H groups in total. The topological polar surface area (TPSA) is 38.0 Å². The monoisotopic (exact) mass is 278 g/mol. The van der Waals surface area contributed by atoms with Crippen molar-refractivity contribution in [3.8, 4) is 0 Å². The average Bonchev–Trinajstić information content (AvgIpc) is 2.38. The smallest absolute Gasteiger partial charge is 0.0405 e. The summed E-state index contributed by atoms with van der Waals surface area (Å²) in [6.07, 6.45) is 1.15. The van der Waals surface area contributed by atoms with Gasteiger partial charge in [-0.3, -0.25) is 0 Å². The van der Waals surface area contributed by atoms with Crippen molar-refractivity contribution in [1.29, 1.82) is 0 Å². The molecule has 106 valence electrons. The van der Waals surface area contributed by atoms with E-state index in [0.717, 1.165) is 12.2 Å². The molecule has 3 heteroatoms. The third-order valence-corrected chi connectivity index (χ3v) is 5.64. The first-order valence-electron chi connectivity index (χ1n) is 7.07. The summed E-state index contributed by atoms with van der Waals surface area (Å²) in [6.45, 7) is 7.64. The molecule has 0 amide bonds. The summed E-state index contributed by atoms with van der Waals surface area (Å²) in [5.74, 6) is 2.35. The van der Waals surface area contributed by atoms with E-state index in [1.54, 1.807) is 0 Å². The summed E-state index contributed by atoms with van der Waals surface area (Å²) in [5, 5.41) is 3.81. The first-order valence-corrected chi connectivity index (χ1v) is 8.22. The molecule has 1 saturated heterocycles. The molecule has 0 bridgehead atoms. The number of rotatable bonds is 4. The Morgan fingerprint density at radius 1 is 1.26 bits per heavy atom. The molecular weight excluding hydrogens is 252 g/mol. The highest BCUT2D eigenvalue weighted by molar-refractivity contribution is 7.99. The van der Waals surface area contributed by atoms with E-state index in [4.69, 9.17) is 5.73 Å². The maximum Gasteiger partial charge on any atom is 0.0405 e. The van der Waals surface area contributed by atoms with Crippen molar-refractivity contribution in [2.24, 2.45) is 11.1 Å². The van der Waals surface area contributed by atoms with Crippen LogP contribution in [0.15, 0.2) is 30.3 Å². The average molecular weight is 278 g/mol. The van der Waals surface area contributed by atoms with E-state index >= 15 is 0 Å². The second kappa shape index (κ2) is 5.86. The minimum Gasteiger partial charge on any atom is -0.329 e. The van der Waals surface area contributed by atoms with Crippen molar-refractivity contribution in [1.82, 2.24) is 5.32 Å². The van der Waals surface area contributed by atoms with Gasteiger partial charge in [0.05, 0.1) is 0 Å². The van der Waals surface area contributed by atoms with Gasteiger partial charge in [0.2, 0.25) is 0 Å². The fraction of sp³-hybridized carbons (Fsp3) is 0.625. The van der Waals surface area contributed by atoms with E-state index in [1.807, 2.05) is 11.8 Å². The SMILES string of the molecule is CC(NC1(CN)CSCC(C)(C)C1)c1ccccc1. The van der Waals surface area contributed by atoms with Crippen molar-refractivity contribution < 1.29 is 0 Å². The first-order chi connectivity index (χ1) is 8.96. The molecule has 0 spiro atoms. The molecule has 0 aliphatic carbocycles. The maximum atomic E-state index is 6.11. The van der Waals surface area contributed by atoms with E-state index in [0.29, 0.717) is 18.0 Å². The van der Waals surface area contributed by atoms with Crippen LogP contribution in [-0.2, 0) is 0 Å². The lowest BCUT2D eigenvalue weighted by atomic mass is 9.79. The summed E-state index contributed by atoms with van der Waals surface area (Å²) in [4.78, 5) is 0. The van der Waals surface area contributed by atoms with Crippen molar-refractivity contribution in [3.05, 3.63) is 35.9 Å². The molecule has 2 atom stereocenters. The maximum absolute atomic E-state index is 6.11. The highest BCUT2D eigenvalue weighted by Crippen LogP contribution is 2.39. The van der Waals surface area contributed by atoms with Crippen molar-refractivity contribution in [3.63, 3.8) is 0 Å². The van der Waals surface area contributed by atoms with Crippen LogP contribution in [0.5, 0.6) is 0 Å². The summed E-state index contributed by atoms with van der Waals surface area (Å²) < 4.78 is 0. The molecule has 1 aliphatic rings. The third kappa shape index (κ3) is 3.74. The van der Waals surface area contributed by atoms with Gasteiger partial charge in [-0.25, -0.2) is 0 Å². The Morgan fingerprint density at radius 3 is 2.53 bits per heavy atom. The van der Waals surface area contributed by atoms with E-state index in [9.17, 15) is 0 Å². The van der Waals surface area contributed by atoms with Crippen LogP contribution in [0.3, 0.4) is 0 Å². The highest BCUT2D eigenvalue weighted by Gasteiger charge is 2.40. The highest BCUT2D eigenvalue weighted by atomic mass is 32.2. The molecular formula is C16H26N2S. The van der Waals surface area contributed by atoms with Crippen LogP contribution < -0.4 is 11.1 Å². The van der Waals surface area contributed by atoms with Gasteiger partial charge < -0.3 is 11.1 Å². The van der Waals surface area contributed by atoms with Crippen LogP contribution in [0.1, 0.15) is 38.8 Å². The van der Waals surface area contributed by atoms with Crippen LogP contribution in [0.4, 0.5) is 0 Å². The molecule has 1 heterocycles. The van der Waals surface area contributed by atoms with Gasteiger partial charge in [-0.1, -0.05) is 44.2 Å². The second-order valence-corrected chi connectivity index (χ2v) is 7.58. The first kappa shape index (κ1) is 14.9. The second-order valence-electron chi connectivity index (χ2n) is 6.59. The zero-order valence-corrected chi connectivity index (χ0v) is 13.1. The molecule has 1 aromatic carbocycles. The van der Waals surface area contributed by atoms with Gasteiger partial charge in [-0.15, -0.1) is 0 Å². The zero-order valence-electron chi connectivity index (χ0n) is 12.3. The lowest BCUT2D eigenvalue weighted by molar-refractivity contribution is 0.213. The van der Waals surface area contributed by atoms with Gasteiger partial charge in [0.15, 0.2) is 0 Å². The minimum absolute atomic E-state index is 0.0711. The van der Waals surface area contributed by atoms with Gasteiger partial charge in [0, 0.05) is 23.9 Å². The van der Waals surface area contributed by atoms with E-state index in [-0.39, 0.29) is 5.54 Å². The lowest BCUT2D eigenvalue weighted by Crippen LogP contribution is -2.58. The van der Waals surface area contributed by atoms with Crippen LogP contribution in [0.25, 0.3) is 0 Å². The Kier molecular flexibility index (Phi) is 4.59. The predicted molar refractivity (Wildman–Crippen MR) is 85.5 cm³/mol. The largest absolute Gasteiger partial charge is 0.329 e. The number of hydrogen-bond acceptors (Lipinski definition) is 3. The zero-order chi connectivity index (χ0) is 13.9. The van der Waals surface area contributed by atoms with Crippen LogP contribution in [0, 0.1) is 5.41 Å². The molecule has 1 fully saturated rings. The van der Waals surface area contributed by atoms with Crippen molar-refractivity contribution >= 4 is 11.8 Å². The molecule has 1 aliphatic heterocycles. The minimum atomic E-state index is 0.0711. The standard InChI is InChI=1S/C16H26N2S/c1-13(14-7-5-4-6-8-14)18-16(10-17)9-15(2,3)11-19-12-16/h4-8,13,18H,9-12,17H2,1-3H3. The summed E-state index contributed by atoms with van der Waals surface area (Å²) in [7, 11) is 0. The van der Waals surface area contributed by atoms with Gasteiger partial charge in [-0.2, -0.15) is 11.8 Å². The Bertz CT molecular complexity index is 404. The van der Waals surface area contributed by atoms with Crippen LogP contribution in [0.2, 0.25) is 0 Å². The summed E-state index contributed by atoms with van der Waals surface area (Å²) in [5.41, 5.74) is 7.88. The summed E-state index contributed by atoms with van der Waals surface area (Å²) >= 11 is 2.03. The number of hydrogen-bond donors (Lipinski definition) is 2. The van der Waals surface area contributed by atoms with Gasteiger partial charge in [0.1, 0.15) is 0 Å². The summed E-state index contributed by atoms with van der Waals surface area (Å²) in [6, 6.07) is 11.0. The van der Waals surface area contributed by atoms with Crippen LogP contribution in [-0.4, -0.2) is 23.6 Å². The Hall–Kier alpha value is -0.510. The third-order valence-electron chi connectivity index (χ3n) is 3.90. The lowest BCUT2D eigenvalue weighted by Gasteiger charge is -2.46. The fourth-order valence-corrected chi connectivity index (χ4v) is 4.56. The van der Waals surface area contributed by atoms with Crippen molar-refractivity contribution in [2.45, 2.75) is 38.8 Å². The van der Waals surface area contributed by atoms with Gasteiger partial charge in [0.25, 0.3) is 0 Å².